The third-order valence-corrected chi connectivity index (χ3v) is 4.05. The Hall–Kier alpha value is -1.85. The molecular weight excluding hydrogens is 274 g/mol. The zero-order valence-corrected chi connectivity index (χ0v) is 12.7. The van der Waals surface area contributed by atoms with Crippen molar-refractivity contribution in [1.29, 1.82) is 0 Å². The van der Waals surface area contributed by atoms with Crippen molar-refractivity contribution in [3.05, 3.63) is 12.2 Å². The Bertz CT molecular complexity index is 432. The van der Waals surface area contributed by atoms with Crippen LogP contribution < -0.4 is 5.32 Å². The maximum atomic E-state index is 12.3. The monoisotopic (exact) mass is 297 g/mol. The molecule has 0 saturated carbocycles. The summed E-state index contributed by atoms with van der Waals surface area (Å²) in [6.45, 7) is 3.76. The summed E-state index contributed by atoms with van der Waals surface area (Å²) in [5.74, 6) is -3.37. The number of carbonyl (C=O) groups excluding carboxylic acids is 2. The highest BCUT2D eigenvalue weighted by molar-refractivity contribution is 5.89. The molecule has 118 valence electrons. The second-order valence-corrected chi connectivity index (χ2v) is 5.39. The molecule has 6 heteroatoms. The Kier molecular flexibility index (Phi) is 6.39. The lowest BCUT2D eigenvalue weighted by Crippen LogP contribution is -2.49. The van der Waals surface area contributed by atoms with Crippen molar-refractivity contribution in [2.45, 2.75) is 39.2 Å². The molecule has 0 fully saturated rings. The van der Waals surface area contributed by atoms with Crippen LogP contribution in [0.3, 0.4) is 0 Å². The summed E-state index contributed by atoms with van der Waals surface area (Å²) in [4.78, 5) is 35.4. The second-order valence-electron chi connectivity index (χ2n) is 5.39. The van der Waals surface area contributed by atoms with Gasteiger partial charge in [-0.15, -0.1) is 0 Å². The van der Waals surface area contributed by atoms with Gasteiger partial charge in [-0.25, -0.2) is 4.79 Å². The summed E-state index contributed by atoms with van der Waals surface area (Å²) < 4.78 is 4.71. The van der Waals surface area contributed by atoms with Crippen LogP contribution in [0.2, 0.25) is 0 Å². The molecule has 4 atom stereocenters. The highest BCUT2D eigenvalue weighted by atomic mass is 16.5. The molecule has 0 heterocycles. The fourth-order valence-corrected chi connectivity index (χ4v) is 2.43. The molecule has 1 amide bonds. The number of allylic oxidation sites excluding steroid dienone is 2. The second kappa shape index (κ2) is 7.81. The van der Waals surface area contributed by atoms with Crippen LogP contribution in [0, 0.1) is 17.8 Å². The SMILES string of the molecule is CCC(C)C(NC(=O)[C@@H]1CC=CC[C@@H]1C(=O)O)C(=O)OC. The topological polar surface area (TPSA) is 92.7 Å². The van der Waals surface area contributed by atoms with Gasteiger partial charge in [0.25, 0.3) is 0 Å². The minimum atomic E-state index is -0.988. The van der Waals surface area contributed by atoms with Crippen LogP contribution in [-0.2, 0) is 19.1 Å². The Morgan fingerprint density at radius 3 is 2.33 bits per heavy atom. The third-order valence-electron chi connectivity index (χ3n) is 4.05. The van der Waals surface area contributed by atoms with Crippen LogP contribution >= 0.6 is 0 Å². The number of esters is 1. The number of carboxylic acids is 1. The number of aliphatic carboxylic acids is 1. The highest BCUT2D eigenvalue weighted by Gasteiger charge is 2.36. The van der Waals surface area contributed by atoms with Gasteiger partial charge in [-0.2, -0.15) is 0 Å². The van der Waals surface area contributed by atoms with Crippen LogP contribution in [0.5, 0.6) is 0 Å². The Morgan fingerprint density at radius 2 is 1.86 bits per heavy atom. The minimum Gasteiger partial charge on any atom is -0.481 e. The average molecular weight is 297 g/mol. The number of nitrogens with one attached hydrogen (secondary N) is 1. The molecule has 0 bridgehead atoms. The van der Waals surface area contributed by atoms with Gasteiger partial charge >= 0.3 is 11.9 Å². The zero-order valence-electron chi connectivity index (χ0n) is 12.7. The average Bonchev–Trinajstić information content (AvgIpc) is 2.50. The number of rotatable bonds is 6. The summed E-state index contributed by atoms with van der Waals surface area (Å²) in [5.41, 5.74) is 0. The van der Waals surface area contributed by atoms with E-state index in [1.165, 1.54) is 7.11 Å². The van der Waals surface area contributed by atoms with Gasteiger partial charge in [-0.3, -0.25) is 9.59 Å². The van der Waals surface area contributed by atoms with Gasteiger partial charge in [0.2, 0.25) is 5.91 Å². The molecule has 2 unspecified atom stereocenters. The van der Waals surface area contributed by atoms with Crippen molar-refractivity contribution in [1.82, 2.24) is 5.32 Å². The lowest BCUT2D eigenvalue weighted by Gasteiger charge is -2.28. The summed E-state index contributed by atoms with van der Waals surface area (Å²) in [7, 11) is 1.27. The summed E-state index contributed by atoms with van der Waals surface area (Å²) >= 11 is 0. The number of carbonyl (C=O) groups is 3. The van der Waals surface area contributed by atoms with E-state index in [0.29, 0.717) is 19.3 Å². The first-order valence-corrected chi connectivity index (χ1v) is 7.18. The fourth-order valence-electron chi connectivity index (χ4n) is 2.43. The van der Waals surface area contributed by atoms with Gasteiger partial charge in [0.15, 0.2) is 0 Å². The van der Waals surface area contributed by atoms with Gasteiger partial charge < -0.3 is 15.2 Å². The smallest absolute Gasteiger partial charge is 0.328 e. The van der Waals surface area contributed by atoms with E-state index in [1.807, 2.05) is 13.8 Å². The van der Waals surface area contributed by atoms with Crippen molar-refractivity contribution in [3.63, 3.8) is 0 Å². The number of hydrogen-bond donors (Lipinski definition) is 2. The Labute approximate surface area is 124 Å². The van der Waals surface area contributed by atoms with Gasteiger partial charge in [-0.1, -0.05) is 32.4 Å². The van der Waals surface area contributed by atoms with Gasteiger partial charge in [-0.05, 0) is 18.8 Å². The summed E-state index contributed by atoms with van der Waals surface area (Å²) in [6.07, 6.45) is 4.99. The largest absolute Gasteiger partial charge is 0.481 e. The van der Waals surface area contributed by atoms with Crippen LogP contribution in [0.1, 0.15) is 33.1 Å². The summed E-state index contributed by atoms with van der Waals surface area (Å²) in [5, 5.41) is 11.9. The van der Waals surface area contributed by atoms with E-state index in [-0.39, 0.29) is 5.92 Å². The molecule has 0 saturated heterocycles. The number of hydrogen-bond acceptors (Lipinski definition) is 4. The third kappa shape index (κ3) is 4.31. The molecule has 1 aliphatic carbocycles. The Balaban J connectivity index is 2.83. The molecule has 1 rings (SSSR count). The molecule has 0 spiro atoms. The molecule has 2 N–H and O–H groups in total. The van der Waals surface area contributed by atoms with Crippen molar-refractivity contribution < 1.29 is 24.2 Å². The number of carboxylic acid groups (broad SMARTS) is 1. The molecule has 0 aromatic carbocycles. The maximum absolute atomic E-state index is 12.3. The molecule has 21 heavy (non-hydrogen) atoms. The van der Waals surface area contributed by atoms with E-state index in [4.69, 9.17) is 4.74 Å². The molecule has 0 aromatic heterocycles. The fraction of sp³-hybridized carbons (Fsp3) is 0.667. The minimum absolute atomic E-state index is 0.0798. The first kappa shape index (κ1) is 17.2. The van der Waals surface area contributed by atoms with E-state index in [0.717, 1.165) is 0 Å². The molecule has 6 nitrogen and oxygen atoms in total. The molecule has 0 aromatic rings. The van der Waals surface area contributed by atoms with E-state index in [9.17, 15) is 19.5 Å². The van der Waals surface area contributed by atoms with Crippen LogP contribution in [0.25, 0.3) is 0 Å². The summed E-state index contributed by atoms with van der Waals surface area (Å²) in [6, 6.07) is -0.743. The van der Waals surface area contributed by atoms with Gasteiger partial charge in [0, 0.05) is 0 Å². The molecule has 0 aliphatic heterocycles. The predicted molar refractivity (Wildman–Crippen MR) is 76.4 cm³/mol. The van der Waals surface area contributed by atoms with Gasteiger partial charge in [0.1, 0.15) is 6.04 Å². The lowest BCUT2D eigenvalue weighted by atomic mass is 9.82. The van der Waals surface area contributed by atoms with E-state index >= 15 is 0 Å². The molecular formula is C15H23NO5. The highest BCUT2D eigenvalue weighted by Crippen LogP contribution is 2.26. The van der Waals surface area contributed by atoms with Crippen molar-refractivity contribution in [2.24, 2.45) is 17.8 Å². The standard InChI is InChI=1S/C15H23NO5/c1-4-9(2)12(15(20)21-3)16-13(17)10-7-5-6-8-11(10)14(18)19/h5-6,9-12H,4,7-8H2,1-3H3,(H,16,17)(H,18,19)/t9?,10-,11+,12?/m1/s1. The van der Waals surface area contributed by atoms with Crippen LogP contribution in [-0.4, -0.2) is 36.1 Å². The predicted octanol–water partition coefficient (Wildman–Crippen LogP) is 1.36. The zero-order chi connectivity index (χ0) is 16.0. The first-order chi connectivity index (χ1) is 9.92. The Morgan fingerprint density at radius 1 is 1.29 bits per heavy atom. The van der Waals surface area contributed by atoms with Crippen LogP contribution in [0.4, 0.5) is 0 Å². The molecule has 0 radical (unpaired) electrons. The lowest BCUT2D eigenvalue weighted by molar-refractivity contribution is -0.150. The first-order valence-electron chi connectivity index (χ1n) is 7.18. The van der Waals surface area contributed by atoms with Crippen molar-refractivity contribution in [2.75, 3.05) is 7.11 Å². The number of amides is 1. The van der Waals surface area contributed by atoms with E-state index < -0.39 is 35.7 Å². The van der Waals surface area contributed by atoms with Crippen molar-refractivity contribution in [3.8, 4) is 0 Å². The van der Waals surface area contributed by atoms with Crippen LogP contribution in [0.15, 0.2) is 12.2 Å². The van der Waals surface area contributed by atoms with Crippen molar-refractivity contribution >= 4 is 17.8 Å². The number of ether oxygens (including phenoxy) is 1. The maximum Gasteiger partial charge on any atom is 0.328 e. The number of methoxy groups -OCH3 is 1. The quantitative estimate of drug-likeness (QED) is 0.570. The normalized spacial score (nSPS) is 24.0. The van der Waals surface area contributed by atoms with E-state index in [1.54, 1.807) is 12.2 Å². The molecule has 1 aliphatic rings. The van der Waals surface area contributed by atoms with E-state index in [2.05, 4.69) is 5.32 Å². The van der Waals surface area contributed by atoms with Gasteiger partial charge in [0.05, 0.1) is 18.9 Å².